The molecule has 22 heavy (non-hydrogen) atoms. The Labute approximate surface area is 131 Å². The molecule has 0 radical (unpaired) electrons. The van der Waals surface area contributed by atoms with Crippen LogP contribution in [-0.4, -0.2) is 25.0 Å². The Bertz CT molecular complexity index is 672. The molecular formula is C18H22N2O2. The fourth-order valence-electron chi connectivity index (χ4n) is 2.70. The first-order chi connectivity index (χ1) is 10.4. The van der Waals surface area contributed by atoms with Crippen LogP contribution in [0.15, 0.2) is 36.4 Å². The highest BCUT2D eigenvalue weighted by atomic mass is 16.5. The van der Waals surface area contributed by atoms with Gasteiger partial charge in [0.1, 0.15) is 5.75 Å². The second-order valence-corrected chi connectivity index (χ2v) is 5.51. The molecule has 116 valence electrons. The van der Waals surface area contributed by atoms with E-state index in [0.29, 0.717) is 17.8 Å². The van der Waals surface area contributed by atoms with Gasteiger partial charge in [0.2, 0.25) is 0 Å². The topological polar surface area (TPSA) is 55.6 Å². The third-order valence-corrected chi connectivity index (χ3v) is 3.68. The zero-order valence-electron chi connectivity index (χ0n) is 13.5. The molecule has 0 aliphatic carbocycles. The van der Waals surface area contributed by atoms with Crippen molar-refractivity contribution in [2.75, 3.05) is 19.9 Å². The first-order valence-electron chi connectivity index (χ1n) is 7.18. The maximum absolute atomic E-state index is 12.5. The Morgan fingerprint density at radius 1 is 1.18 bits per heavy atom. The summed E-state index contributed by atoms with van der Waals surface area (Å²) in [4.78, 5) is 14.2. The first-order valence-corrected chi connectivity index (χ1v) is 7.18. The Balaban J connectivity index is 2.20. The average molecular weight is 298 g/mol. The van der Waals surface area contributed by atoms with Crippen LogP contribution < -0.4 is 10.5 Å². The van der Waals surface area contributed by atoms with Crippen LogP contribution in [0.4, 0.5) is 5.69 Å². The summed E-state index contributed by atoms with van der Waals surface area (Å²) >= 11 is 0. The molecule has 0 bridgehead atoms. The number of nitrogen functional groups attached to an aromatic ring is 1. The van der Waals surface area contributed by atoms with E-state index in [4.69, 9.17) is 10.5 Å². The predicted octanol–water partition coefficient (Wildman–Crippen LogP) is 3.17. The van der Waals surface area contributed by atoms with E-state index < -0.39 is 0 Å². The Kier molecular flexibility index (Phi) is 4.71. The monoisotopic (exact) mass is 298 g/mol. The summed E-state index contributed by atoms with van der Waals surface area (Å²) in [6.07, 6.45) is 0. The number of aryl methyl sites for hydroxylation is 2. The van der Waals surface area contributed by atoms with Gasteiger partial charge in [0.25, 0.3) is 5.91 Å². The predicted molar refractivity (Wildman–Crippen MR) is 89.1 cm³/mol. The Morgan fingerprint density at radius 2 is 1.77 bits per heavy atom. The largest absolute Gasteiger partial charge is 0.496 e. The number of hydrogen-bond acceptors (Lipinski definition) is 3. The lowest BCUT2D eigenvalue weighted by Gasteiger charge is -2.20. The molecule has 2 N–H and O–H groups in total. The van der Waals surface area contributed by atoms with Gasteiger partial charge in [-0.2, -0.15) is 0 Å². The third kappa shape index (κ3) is 3.22. The van der Waals surface area contributed by atoms with E-state index in [2.05, 4.69) is 0 Å². The van der Waals surface area contributed by atoms with Crippen LogP contribution in [0.5, 0.6) is 5.75 Å². The summed E-state index contributed by atoms with van der Waals surface area (Å²) in [7, 11) is 3.45. The number of anilines is 1. The summed E-state index contributed by atoms with van der Waals surface area (Å²) in [5.41, 5.74) is 10.1. The third-order valence-electron chi connectivity index (χ3n) is 3.68. The summed E-state index contributed by atoms with van der Waals surface area (Å²) in [6.45, 7) is 4.54. The van der Waals surface area contributed by atoms with Crippen molar-refractivity contribution in [2.24, 2.45) is 0 Å². The van der Waals surface area contributed by atoms with E-state index in [1.807, 2.05) is 38.1 Å². The molecular weight excluding hydrogens is 276 g/mol. The number of methoxy groups -OCH3 is 1. The smallest absolute Gasteiger partial charge is 0.255 e. The number of carbonyl (C=O) groups is 1. The molecule has 0 aromatic heterocycles. The molecule has 2 rings (SSSR count). The minimum Gasteiger partial charge on any atom is -0.496 e. The van der Waals surface area contributed by atoms with E-state index in [0.717, 1.165) is 22.4 Å². The molecule has 0 atom stereocenters. The van der Waals surface area contributed by atoms with Crippen molar-refractivity contribution >= 4 is 11.6 Å². The van der Waals surface area contributed by atoms with Crippen LogP contribution in [-0.2, 0) is 6.54 Å². The van der Waals surface area contributed by atoms with Gasteiger partial charge in [0.15, 0.2) is 0 Å². The zero-order valence-corrected chi connectivity index (χ0v) is 13.5. The molecule has 0 unspecified atom stereocenters. The lowest BCUT2D eigenvalue weighted by atomic mass is 10.0. The minimum absolute atomic E-state index is 0.0794. The quantitative estimate of drug-likeness (QED) is 0.882. The number of amides is 1. The lowest BCUT2D eigenvalue weighted by Crippen LogP contribution is -2.27. The lowest BCUT2D eigenvalue weighted by molar-refractivity contribution is 0.0786. The van der Waals surface area contributed by atoms with Crippen LogP contribution in [0.25, 0.3) is 0 Å². The normalized spacial score (nSPS) is 10.4. The number of ether oxygens (including phenoxy) is 1. The van der Waals surface area contributed by atoms with Crippen LogP contribution >= 0.6 is 0 Å². The van der Waals surface area contributed by atoms with E-state index in [9.17, 15) is 4.79 Å². The molecule has 0 spiro atoms. The van der Waals surface area contributed by atoms with E-state index in [1.54, 1.807) is 31.2 Å². The molecule has 2 aromatic carbocycles. The molecule has 2 aromatic rings. The molecule has 0 aliphatic heterocycles. The molecule has 0 saturated carbocycles. The van der Waals surface area contributed by atoms with Crippen molar-refractivity contribution in [3.05, 3.63) is 58.7 Å². The van der Waals surface area contributed by atoms with Crippen molar-refractivity contribution < 1.29 is 9.53 Å². The Hall–Kier alpha value is -2.49. The van der Waals surface area contributed by atoms with Crippen LogP contribution in [0, 0.1) is 13.8 Å². The molecule has 4 heteroatoms. The second kappa shape index (κ2) is 6.52. The van der Waals surface area contributed by atoms with Gasteiger partial charge in [0.05, 0.1) is 12.7 Å². The van der Waals surface area contributed by atoms with Gasteiger partial charge in [-0.15, -0.1) is 0 Å². The zero-order chi connectivity index (χ0) is 16.3. The van der Waals surface area contributed by atoms with Crippen molar-refractivity contribution in [3.8, 4) is 5.75 Å². The minimum atomic E-state index is -0.0794. The van der Waals surface area contributed by atoms with E-state index >= 15 is 0 Å². The van der Waals surface area contributed by atoms with Gasteiger partial charge in [-0.25, -0.2) is 0 Å². The summed E-state index contributed by atoms with van der Waals surface area (Å²) in [5, 5.41) is 0. The fraction of sp³-hybridized carbons (Fsp3) is 0.278. The van der Waals surface area contributed by atoms with E-state index in [1.165, 1.54) is 0 Å². The molecule has 0 saturated heterocycles. The van der Waals surface area contributed by atoms with Gasteiger partial charge in [0, 0.05) is 19.3 Å². The highest BCUT2D eigenvalue weighted by molar-refractivity contribution is 5.98. The van der Waals surface area contributed by atoms with Crippen molar-refractivity contribution in [1.82, 2.24) is 4.90 Å². The number of para-hydroxylation sites is 1. The van der Waals surface area contributed by atoms with Crippen LogP contribution in [0.2, 0.25) is 0 Å². The highest BCUT2D eigenvalue weighted by Gasteiger charge is 2.15. The van der Waals surface area contributed by atoms with E-state index in [-0.39, 0.29) is 5.91 Å². The summed E-state index contributed by atoms with van der Waals surface area (Å²) < 4.78 is 5.37. The second-order valence-electron chi connectivity index (χ2n) is 5.51. The fourth-order valence-corrected chi connectivity index (χ4v) is 2.70. The standard InChI is InChI=1S/C18H22N2O2/c1-12-9-14(10-13(2)17(12)22-4)11-20(3)18(21)15-7-5-6-8-16(15)19/h5-10H,11,19H2,1-4H3. The Morgan fingerprint density at radius 3 is 2.32 bits per heavy atom. The number of hydrogen-bond donors (Lipinski definition) is 1. The number of benzene rings is 2. The maximum Gasteiger partial charge on any atom is 0.255 e. The molecule has 0 heterocycles. The summed E-state index contributed by atoms with van der Waals surface area (Å²) in [6, 6.07) is 11.2. The first kappa shape index (κ1) is 15.9. The number of nitrogens with zero attached hydrogens (tertiary/aromatic N) is 1. The van der Waals surface area contributed by atoms with Gasteiger partial charge < -0.3 is 15.4 Å². The molecule has 1 amide bonds. The highest BCUT2D eigenvalue weighted by Crippen LogP contribution is 2.25. The number of carbonyl (C=O) groups excluding carboxylic acids is 1. The van der Waals surface area contributed by atoms with Gasteiger partial charge in [-0.3, -0.25) is 4.79 Å². The number of rotatable bonds is 4. The van der Waals surface area contributed by atoms with Gasteiger partial charge >= 0.3 is 0 Å². The molecule has 0 fully saturated rings. The maximum atomic E-state index is 12.5. The van der Waals surface area contributed by atoms with Crippen molar-refractivity contribution in [2.45, 2.75) is 20.4 Å². The number of nitrogens with two attached hydrogens (primary N) is 1. The van der Waals surface area contributed by atoms with Crippen molar-refractivity contribution in [1.29, 1.82) is 0 Å². The molecule has 4 nitrogen and oxygen atoms in total. The van der Waals surface area contributed by atoms with Crippen LogP contribution in [0.1, 0.15) is 27.0 Å². The SMILES string of the molecule is COc1c(C)cc(CN(C)C(=O)c2ccccc2N)cc1C. The van der Waals surface area contributed by atoms with Gasteiger partial charge in [-0.1, -0.05) is 24.3 Å². The van der Waals surface area contributed by atoms with Crippen molar-refractivity contribution in [3.63, 3.8) is 0 Å². The van der Waals surface area contributed by atoms with Gasteiger partial charge in [-0.05, 0) is 42.7 Å². The molecule has 0 aliphatic rings. The van der Waals surface area contributed by atoms with Crippen LogP contribution in [0.3, 0.4) is 0 Å². The summed E-state index contributed by atoms with van der Waals surface area (Å²) in [5.74, 6) is 0.814. The average Bonchev–Trinajstić information content (AvgIpc) is 2.46.